The molecule has 2 heterocycles. The topological polar surface area (TPSA) is 59.8 Å². The number of halogens is 1. The molecule has 7 heteroatoms. The summed E-state index contributed by atoms with van der Waals surface area (Å²) in [6.45, 7) is 7.01. The van der Waals surface area contributed by atoms with Crippen LogP contribution in [0.3, 0.4) is 0 Å². The van der Waals surface area contributed by atoms with Crippen LogP contribution in [-0.2, 0) is 13.0 Å². The molecule has 148 valence electrons. The molecular formula is C21H25ClN4OS. The van der Waals surface area contributed by atoms with Crippen molar-refractivity contribution in [3.05, 3.63) is 67.9 Å². The lowest BCUT2D eigenvalue weighted by molar-refractivity contribution is 0.0951. The number of aromatic nitrogens is 3. The summed E-state index contributed by atoms with van der Waals surface area (Å²) < 4.78 is 1.84. The van der Waals surface area contributed by atoms with Crippen LogP contribution in [0.25, 0.3) is 0 Å². The zero-order valence-corrected chi connectivity index (χ0v) is 18.0. The summed E-state index contributed by atoms with van der Waals surface area (Å²) in [6, 6.07) is 7.70. The van der Waals surface area contributed by atoms with Crippen LogP contribution in [0.5, 0.6) is 0 Å². The number of rotatable bonds is 8. The monoisotopic (exact) mass is 416 g/mol. The molecule has 0 bridgehead atoms. The largest absolute Gasteiger partial charge is 0.352 e. The van der Waals surface area contributed by atoms with E-state index in [0.717, 1.165) is 46.9 Å². The third-order valence-corrected chi connectivity index (χ3v) is 6.05. The van der Waals surface area contributed by atoms with Crippen LogP contribution in [0.15, 0.2) is 29.6 Å². The van der Waals surface area contributed by atoms with Gasteiger partial charge in [0.1, 0.15) is 0 Å². The maximum atomic E-state index is 12.7. The van der Waals surface area contributed by atoms with E-state index in [1.807, 2.05) is 49.7 Å². The Hall–Kier alpha value is -2.18. The third-order valence-electron chi connectivity index (χ3n) is 4.66. The lowest BCUT2D eigenvalue weighted by Crippen LogP contribution is -2.25. The van der Waals surface area contributed by atoms with Gasteiger partial charge in [-0.25, -0.2) is 4.98 Å². The van der Waals surface area contributed by atoms with Crippen molar-refractivity contribution < 1.29 is 4.79 Å². The molecule has 0 saturated heterocycles. The van der Waals surface area contributed by atoms with Gasteiger partial charge in [-0.05, 0) is 51.7 Å². The molecule has 0 aliphatic rings. The summed E-state index contributed by atoms with van der Waals surface area (Å²) in [6.07, 6.45) is 2.90. The first-order valence-corrected chi connectivity index (χ1v) is 10.7. The molecule has 3 aromatic rings. The molecule has 0 aliphatic carbocycles. The molecule has 0 atom stereocenters. The lowest BCUT2D eigenvalue weighted by Gasteiger charge is -2.08. The number of unbranched alkanes of at least 4 members (excludes halogenated alkanes) is 1. The molecule has 2 aromatic heterocycles. The number of nitrogens with one attached hydrogen (secondary N) is 1. The van der Waals surface area contributed by atoms with E-state index >= 15 is 0 Å². The average Bonchev–Trinajstić information content (AvgIpc) is 3.19. The van der Waals surface area contributed by atoms with Crippen molar-refractivity contribution >= 4 is 28.8 Å². The molecule has 0 spiro atoms. The second kappa shape index (κ2) is 9.34. The Balaban J connectivity index is 1.55. The first-order valence-electron chi connectivity index (χ1n) is 9.42. The summed E-state index contributed by atoms with van der Waals surface area (Å²) in [5.41, 5.74) is 4.31. The van der Waals surface area contributed by atoms with Gasteiger partial charge in [-0.1, -0.05) is 29.8 Å². The summed E-state index contributed by atoms with van der Waals surface area (Å²) in [5.74, 6) is -0.0644. The molecule has 0 fully saturated rings. The van der Waals surface area contributed by atoms with E-state index in [1.54, 1.807) is 11.3 Å². The van der Waals surface area contributed by atoms with E-state index < -0.39 is 0 Å². The molecule has 0 saturated carbocycles. The van der Waals surface area contributed by atoms with Gasteiger partial charge >= 0.3 is 0 Å². The molecule has 0 unspecified atom stereocenters. The predicted molar refractivity (Wildman–Crippen MR) is 114 cm³/mol. The molecule has 0 aliphatic heterocycles. The van der Waals surface area contributed by atoms with Crippen LogP contribution in [0.4, 0.5) is 0 Å². The van der Waals surface area contributed by atoms with E-state index in [4.69, 9.17) is 11.6 Å². The summed E-state index contributed by atoms with van der Waals surface area (Å²) in [7, 11) is 0. The molecule has 5 nitrogen and oxygen atoms in total. The van der Waals surface area contributed by atoms with Crippen LogP contribution >= 0.6 is 22.9 Å². The van der Waals surface area contributed by atoms with Gasteiger partial charge in [0.05, 0.1) is 22.8 Å². The van der Waals surface area contributed by atoms with E-state index in [2.05, 4.69) is 20.8 Å². The maximum absolute atomic E-state index is 12.7. The minimum absolute atomic E-state index is 0.0644. The van der Waals surface area contributed by atoms with Crippen molar-refractivity contribution in [1.29, 1.82) is 0 Å². The summed E-state index contributed by atoms with van der Waals surface area (Å²) in [5, 5.41) is 11.5. The van der Waals surface area contributed by atoms with Gasteiger partial charge in [0.25, 0.3) is 5.91 Å². The number of carbonyl (C=O) groups excluding carboxylic acids is 1. The van der Waals surface area contributed by atoms with Gasteiger partial charge in [0.15, 0.2) is 0 Å². The van der Waals surface area contributed by atoms with Crippen molar-refractivity contribution in [2.75, 3.05) is 6.54 Å². The van der Waals surface area contributed by atoms with E-state index in [1.165, 1.54) is 0 Å². The van der Waals surface area contributed by atoms with Gasteiger partial charge in [0, 0.05) is 28.3 Å². The first kappa shape index (κ1) is 20.6. The molecule has 1 N–H and O–H groups in total. The van der Waals surface area contributed by atoms with E-state index in [9.17, 15) is 4.79 Å². The molecule has 1 aromatic carbocycles. The molecule has 0 radical (unpaired) electrons. The summed E-state index contributed by atoms with van der Waals surface area (Å²) >= 11 is 7.96. The fourth-order valence-corrected chi connectivity index (χ4v) is 4.19. The van der Waals surface area contributed by atoms with Crippen LogP contribution in [0.1, 0.15) is 50.9 Å². The van der Waals surface area contributed by atoms with Crippen molar-refractivity contribution in [3.63, 3.8) is 0 Å². The lowest BCUT2D eigenvalue weighted by atomic mass is 10.1. The quantitative estimate of drug-likeness (QED) is 0.540. The Bertz CT molecular complexity index is 963. The number of amides is 1. The predicted octanol–water partition coefficient (Wildman–Crippen LogP) is 4.72. The van der Waals surface area contributed by atoms with Gasteiger partial charge in [-0.2, -0.15) is 5.10 Å². The van der Waals surface area contributed by atoms with Crippen LogP contribution in [0, 0.1) is 20.8 Å². The van der Waals surface area contributed by atoms with E-state index in [-0.39, 0.29) is 5.91 Å². The van der Waals surface area contributed by atoms with Crippen LogP contribution in [0.2, 0.25) is 5.02 Å². The molecule has 1 amide bonds. The molecule has 3 rings (SSSR count). The maximum Gasteiger partial charge on any atom is 0.255 e. The van der Waals surface area contributed by atoms with Crippen molar-refractivity contribution in [3.8, 4) is 0 Å². The number of hydrogen-bond donors (Lipinski definition) is 1. The van der Waals surface area contributed by atoms with Gasteiger partial charge in [-0.15, -0.1) is 11.3 Å². The van der Waals surface area contributed by atoms with Gasteiger partial charge in [-0.3, -0.25) is 9.48 Å². The minimum atomic E-state index is -0.0644. The highest BCUT2D eigenvalue weighted by Crippen LogP contribution is 2.19. The fraction of sp³-hybridized carbons (Fsp3) is 0.381. The normalized spacial score (nSPS) is 11.0. The minimum Gasteiger partial charge on any atom is -0.352 e. The fourth-order valence-electron chi connectivity index (χ4n) is 3.18. The average molecular weight is 417 g/mol. The SMILES string of the molecule is Cc1csc(CCCCNC(=O)c2c(C)nn(Cc3ccccc3Cl)c2C)n1. The highest BCUT2D eigenvalue weighted by atomic mass is 35.5. The highest BCUT2D eigenvalue weighted by molar-refractivity contribution is 7.09. The zero-order valence-electron chi connectivity index (χ0n) is 16.5. The number of nitrogens with zero attached hydrogens (tertiary/aromatic N) is 3. The number of hydrogen-bond acceptors (Lipinski definition) is 4. The molecule has 28 heavy (non-hydrogen) atoms. The van der Waals surface area contributed by atoms with Crippen molar-refractivity contribution in [2.24, 2.45) is 0 Å². The zero-order chi connectivity index (χ0) is 20.1. The third kappa shape index (κ3) is 5.00. The number of aryl methyl sites for hydroxylation is 3. The Morgan fingerprint density at radius 1 is 1.21 bits per heavy atom. The van der Waals surface area contributed by atoms with E-state index in [0.29, 0.717) is 23.7 Å². The molecular weight excluding hydrogens is 392 g/mol. The number of benzene rings is 1. The Morgan fingerprint density at radius 2 is 2.00 bits per heavy atom. The van der Waals surface area contributed by atoms with Crippen molar-refractivity contribution in [1.82, 2.24) is 20.1 Å². The Morgan fingerprint density at radius 3 is 2.71 bits per heavy atom. The van der Waals surface area contributed by atoms with Gasteiger partial charge < -0.3 is 5.32 Å². The smallest absolute Gasteiger partial charge is 0.255 e. The highest BCUT2D eigenvalue weighted by Gasteiger charge is 2.18. The Labute approximate surface area is 174 Å². The Kier molecular flexibility index (Phi) is 6.86. The number of thiazole rings is 1. The second-order valence-corrected chi connectivity index (χ2v) is 8.24. The van der Waals surface area contributed by atoms with Crippen LogP contribution < -0.4 is 5.32 Å². The summed E-state index contributed by atoms with van der Waals surface area (Å²) in [4.78, 5) is 17.1. The first-order chi connectivity index (χ1) is 13.5. The van der Waals surface area contributed by atoms with Crippen LogP contribution in [-0.4, -0.2) is 27.2 Å². The van der Waals surface area contributed by atoms with Gasteiger partial charge in [0.2, 0.25) is 0 Å². The van der Waals surface area contributed by atoms with Crippen molar-refractivity contribution in [2.45, 2.75) is 46.6 Å². The standard InChI is InChI=1S/C21H25ClN4OS/c1-14-13-28-19(24-14)10-6-7-11-23-21(27)20-15(2)25-26(16(20)3)12-17-8-4-5-9-18(17)22/h4-5,8-9,13H,6-7,10-12H2,1-3H3,(H,23,27). The second-order valence-electron chi connectivity index (χ2n) is 6.89. The number of carbonyl (C=O) groups is 1.